The van der Waals surface area contributed by atoms with Gasteiger partial charge < -0.3 is 9.84 Å². The van der Waals surface area contributed by atoms with Gasteiger partial charge in [0.15, 0.2) is 0 Å². The average molecular weight is 128 g/mol. The molecule has 1 heterocycles. The number of aliphatic hydroxyl groups is 1. The van der Waals surface area contributed by atoms with Crippen LogP contribution in [0.25, 0.3) is 0 Å². The van der Waals surface area contributed by atoms with Gasteiger partial charge in [0.25, 0.3) is 0 Å². The molecule has 2 heteroatoms. The number of hydrogen-bond donors (Lipinski definition) is 1. The van der Waals surface area contributed by atoms with Gasteiger partial charge in [0.2, 0.25) is 0 Å². The summed E-state index contributed by atoms with van der Waals surface area (Å²) in [5.74, 6) is 0. The summed E-state index contributed by atoms with van der Waals surface area (Å²) >= 11 is 0. The molecule has 2 nitrogen and oxygen atoms in total. The predicted molar refractivity (Wildman–Crippen MR) is 35.2 cm³/mol. The first-order valence-electron chi connectivity index (χ1n) is 3.26. The minimum absolute atomic E-state index is 0.0324. The van der Waals surface area contributed by atoms with E-state index in [-0.39, 0.29) is 18.8 Å². The summed E-state index contributed by atoms with van der Waals surface area (Å²) in [6.45, 7) is 2.10. The summed E-state index contributed by atoms with van der Waals surface area (Å²) in [5.41, 5.74) is 0. The first-order chi connectivity index (χ1) is 4.33. The lowest BCUT2D eigenvalue weighted by Gasteiger charge is -2.21. The van der Waals surface area contributed by atoms with Crippen LogP contribution in [0.5, 0.6) is 0 Å². The Kier molecular flexibility index (Phi) is 2.25. The molecule has 0 amide bonds. The first-order valence-corrected chi connectivity index (χ1v) is 3.26. The van der Waals surface area contributed by atoms with E-state index in [0.29, 0.717) is 0 Å². The van der Waals surface area contributed by atoms with Crippen molar-refractivity contribution >= 4 is 0 Å². The molecule has 0 aromatic heterocycles. The molecule has 1 aliphatic rings. The summed E-state index contributed by atoms with van der Waals surface area (Å²) in [6, 6.07) is 0. The number of aliphatic hydroxyl groups excluding tert-OH is 1. The van der Waals surface area contributed by atoms with E-state index in [1.807, 2.05) is 13.0 Å². The molecule has 52 valence electrons. The van der Waals surface area contributed by atoms with Gasteiger partial charge in [-0.15, -0.1) is 0 Å². The number of hydrogen-bond acceptors (Lipinski definition) is 2. The minimum Gasteiger partial charge on any atom is -0.394 e. The zero-order valence-electron chi connectivity index (χ0n) is 5.58. The van der Waals surface area contributed by atoms with Gasteiger partial charge in [-0.3, -0.25) is 0 Å². The van der Waals surface area contributed by atoms with Crippen LogP contribution >= 0.6 is 0 Å². The van der Waals surface area contributed by atoms with Crippen LogP contribution < -0.4 is 0 Å². The molecule has 0 fully saturated rings. The van der Waals surface area contributed by atoms with Crippen LogP contribution in [0.15, 0.2) is 12.2 Å². The molecule has 1 aliphatic heterocycles. The summed E-state index contributed by atoms with van der Waals surface area (Å²) in [6.07, 6.45) is 5.11. The lowest BCUT2D eigenvalue weighted by atomic mass is 10.2. The maximum atomic E-state index is 8.65. The zero-order chi connectivity index (χ0) is 6.69. The summed E-state index contributed by atoms with van der Waals surface area (Å²) in [5, 5.41) is 8.65. The van der Waals surface area contributed by atoms with E-state index in [1.165, 1.54) is 0 Å². The Morgan fingerprint density at radius 3 is 3.00 bits per heavy atom. The Morgan fingerprint density at radius 2 is 2.56 bits per heavy atom. The van der Waals surface area contributed by atoms with Crippen LogP contribution in [-0.2, 0) is 4.74 Å². The maximum Gasteiger partial charge on any atom is 0.0847 e. The fraction of sp³-hybridized carbons (Fsp3) is 0.714. The van der Waals surface area contributed by atoms with Gasteiger partial charge in [0.05, 0.1) is 18.8 Å². The van der Waals surface area contributed by atoms with E-state index in [9.17, 15) is 0 Å². The number of rotatable bonds is 1. The van der Waals surface area contributed by atoms with Crippen molar-refractivity contribution in [2.24, 2.45) is 0 Å². The Morgan fingerprint density at radius 1 is 1.78 bits per heavy atom. The maximum absolute atomic E-state index is 8.65. The zero-order valence-corrected chi connectivity index (χ0v) is 5.58. The van der Waals surface area contributed by atoms with E-state index >= 15 is 0 Å². The molecule has 0 saturated carbocycles. The quantitative estimate of drug-likeness (QED) is 0.527. The second-order valence-corrected chi connectivity index (χ2v) is 2.31. The Bertz CT molecular complexity index is 109. The fourth-order valence-electron chi connectivity index (χ4n) is 0.944. The van der Waals surface area contributed by atoms with E-state index in [1.54, 1.807) is 0 Å². The smallest absolute Gasteiger partial charge is 0.0847 e. The normalized spacial score (nSPS) is 34.9. The van der Waals surface area contributed by atoms with Crippen LogP contribution in [0.3, 0.4) is 0 Å². The van der Waals surface area contributed by atoms with Crippen molar-refractivity contribution in [1.82, 2.24) is 0 Å². The van der Waals surface area contributed by atoms with Crippen LogP contribution in [0.4, 0.5) is 0 Å². The third kappa shape index (κ3) is 1.80. The van der Waals surface area contributed by atoms with Crippen molar-refractivity contribution in [3.8, 4) is 0 Å². The second kappa shape index (κ2) is 2.99. The Hall–Kier alpha value is -0.340. The molecule has 0 saturated heterocycles. The van der Waals surface area contributed by atoms with Gasteiger partial charge >= 0.3 is 0 Å². The third-order valence-corrected chi connectivity index (χ3v) is 1.42. The highest BCUT2D eigenvalue weighted by Gasteiger charge is 2.12. The first kappa shape index (κ1) is 6.78. The van der Waals surface area contributed by atoms with Gasteiger partial charge in [0, 0.05) is 0 Å². The number of ether oxygens (including phenoxy) is 1. The molecule has 0 spiro atoms. The average Bonchev–Trinajstić information content (AvgIpc) is 1.88. The molecule has 0 aromatic carbocycles. The van der Waals surface area contributed by atoms with Crippen molar-refractivity contribution in [3.05, 3.63) is 12.2 Å². The summed E-state index contributed by atoms with van der Waals surface area (Å²) in [4.78, 5) is 0. The van der Waals surface area contributed by atoms with Crippen molar-refractivity contribution in [2.75, 3.05) is 6.61 Å². The lowest BCUT2D eigenvalue weighted by Crippen LogP contribution is -2.24. The monoisotopic (exact) mass is 128 g/mol. The highest BCUT2D eigenvalue weighted by Crippen LogP contribution is 2.10. The van der Waals surface area contributed by atoms with Crippen molar-refractivity contribution < 1.29 is 9.84 Å². The molecule has 0 radical (unpaired) electrons. The van der Waals surface area contributed by atoms with E-state index in [0.717, 1.165) is 6.42 Å². The highest BCUT2D eigenvalue weighted by atomic mass is 16.5. The molecule has 2 atom stereocenters. The van der Waals surface area contributed by atoms with Gasteiger partial charge in [-0.25, -0.2) is 0 Å². The predicted octanol–water partition coefficient (Wildman–Crippen LogP) is 0.712. The molecule has 0 aliphatic carbocycles. The molecular formula is C7H12O2. The van der Waals surface area contributed by atoms with Crippen LogP contribution in [0, 0.1) is 0 Å². The minimum atomic E-state index is 0.0324. The molecule has 1 N–H and O–H groups in total. The van der Waals surface area contributed by atoms with E-state index in [2.05, 4.69) is 6.08 Å². The lowest BCUT2D eigenvalue weighted by molar-refractivity contribution is -0.0165. The van der Waals surface area contributed by atoms with Gasteiger partial charge in [0.1, 0.15) is 0 Å². The summed E-state index contributed by atoms with van der Waals surface area (Å²) < 4.78 is 5.30. The second-order valence-electron chi connectivity index (χ2n) is 2.31. The standard InChI is InChI=1S/C7H12O2/c1-6-3-2-4-7(5-8)9-6/h2-3,6-8H,4-5H2,1H3/t6-,7+/m0/s1. The van der Waals surface area contributed by atoms with Crippen molar-refractivity contribution in [3.63, 3.8) is 0 Å². The molecule has 1 rings (SSSR count). The van der Waals surface area contributed by atoms with Gasteiger partial charge in [-0.05, 0) is 13.3 Å². The van der Waals surface area contributed by atoms with E-state index < -0.39 is 0 Å². The Balaban J connectivity index is 2.38. The van der Waals surface area contributed by atoms with Crippen molar-refractivity contribution in [1.29, 1.82) is 0 Å². The van der Waals surface area contributed by atoms with Crippen molar-refractivity contribution in [2.45, 2.75) is 25.6 Å². The largest absolute Gasteiger partial charge is 0.394 e. The highest BCUT2D eigenvalue weighted by molar-refractivity contribution is 4.93. The topological polar surface area (TPSA) is 29.5 Å². The fourth-order valence-corrected chi connectivity index (χ4v) is 0.944. The third-order valence-electron chi connectivity index (χ3n) is 1.42. The summed E-state index contributed by atoms with van der Waals surface area (Å²) in [7, 11) is 0. The molecule has 9 heavy (non-hydrogen) atoms. The van der Waals surface area contributed by atoms with Crippen LogP contribution in [-0.4, -0.2) is 23.9 Å². The Labute approximate surface area is 55.1 Å². The molecule has 0 unspecified atom stereocenters. The molecule has 0 bridgehead atoms. The van der Waals surface area contributed by atoms with E-state index in [4.69, 9.17) is 9.84 Å². The van der Waals surface area contributed by atoms with Gasteiger partial charge in [-0.1, -0.05) is 12.2 Å². The van der Waals surface area contributed by atoms with Crippen LogP contribution in [0.2, 0.25) is 0 Å². The molecular weight excluding hydrogens is 116 g/mol. The van der Waals surface area contributed by atoms with Crippen LogP contribution in [0.1, 0.15) is 13.3 Å². The van der Waals surface area contributed by atoms with Gasteiger partial charge in [-0.2, -0.15) is 0 Å². The molecule has 0 aromatic rings. The SMILES string of the molecule is C[C@H]1C=CC[C@H](CO)O1.